The quantitative estimate of drug-likeness (QED) is 0.685. The molecule has 0 aliphatic carbocycles. The zero-order valence-electron chi connectivity index (χ0n) is 18.3. The van der Waals surface area contributed by atoms with Gasteiger partial charge in [-0.2, -0.15) is 0 Å². The van der Waals surface area contributed by atoms with E-state index in [1.165, 1.54) is 9.80 Å². The maximum atomic E-state index is 13.1. The van der Waals surface area contributed by atoms with Gasteiger partial charge in [0.1, 0.15) is 0 Å². The highest BCUT2D eigenvalue weighted by Crippen LogP contribution is 2.29. The number of benzene rings is 1. The number of hydrogen-bond acceptors (Lipinski definition) is 5. The van der Waals surface area contributed by atoms with Crippen LogP contribution in [0.25, 0.3) is 0 Å². The van der Waals surface area contributed by atoms with Crippen LogP contribution in [0.5, 0.6) is 0 Å². The van der Waals surface area contributed by atoms with Gasteiger partial charge in [-0.15, -0.1) is 0 Å². The Kier molecular flexibility index (Phi) is 7.04. The number of imide groups is 1. The molecule has 178 valence electrons. The maximum absolute atomic E-state index is 13.1. The molecule has 3 heterocycles. The fourth-order valence-electron chi connectivity index (χ4n) is 4.63. The van der Waals surface area contributed by atoms with Gasteiger partial charge in [-0.05, 0) is 37.0 Å². The van der Waals surface area contributed by atoms with E-state index in [0.717, 1.165) is 32.5 Å². The number of piperazine rings is 1. The van der Waals surface area contributed by atoms with Crippen LogP contribution in [0.3, 0.4) is 0 Å². The van der Waals surface area contributed by atoms with Crippen molar-refractivity contribution in [1.29, 1.82) is 0 Å². The number of carbonyl (C=O) groups excluding carboxylic acids is 3. The first-order valence-electron chi connectivity index (χ1n) is 11.2. The molecule has 3 aliphatic heterocycles. The molecular weight excluding hydrogens is 450 g/mol. The normalized spacial score (nSPS) is 20.7. The molecule has 0 atom stereocenters. The van der Waals surface area contributed by atoms with Crippen molar-refractivity contribution in [2.75, 3.05) is 57.3 Å². The summed E-state index contributed by atoms with van der Waals surface area (Å²) >= 11 is 6.29. The Labute approximate surface area is 197 Å². The van der Waals surface area contributed by atoms with E-state index in [9.17, 15) is 19.2 Å². The fourth-order valence-corrected chi connectivity index (χ4v) is 4.85. The number of urea groups is 1. The Hall–Kier alpha value is -2.85. The number of anilines is 1. The van der Waals surface area contributed by atoms with Crippen LogP contribution in [0.2, 0.25) is 5.02 Å². The SMILES string of the molecule is O=C1CCN(c2cc(C(=O)N3CCC(CN4CCN(C(=O)O)CC4)CC3)ccc2Cl)C(=O)N1. The van der Waals surface area contributed by atoms with Crippen molar-refractivity contribution >= 4 is 41.2 Å². The molecule has 0 radical (unpaired) electrons. The van der Waals surface area contributed by atoms with Gasteiger partial charge in [-0.25, -0.2) is 9.59 Å². The Bertz CT molecular complexity index is 941. The van der Waals surface area contributed by atoms with E-state index >= 15 is 0 Å². The van der Waals surface area contributed by atoms with Gasteiger partial charge in [0, 0.05) is 64.3 Å². The van der Waals surface area contributed by atoms with Crippen molar-refractivity contribution in [3.05, 3.63) is 28.8 Å². The third kappa shape index (κ3) is 5.39. The number of rotatable bonds is 4. The average Bonchev–Trinajstić information content (AvgIpc) is 2.80. The molecule has 33 heavy (non-hydrogen) atoms. The van der Waals surface area contributed by atoms with Gasteiger partial charge >= 0.3 is 12.1 Å². The lowest BCUT2D eigenvalue weighted by Crippen LogP contribution is -2.50. The van der Waals surface area contributed by atoms with Gasteiger partial charge in [0.25, 0.3) is 5.91 Å². The lowest BCUT2D eigenvalue weighted by atomic mass is 9.95. The summed E-state index contributed by atoms with van der Waals surface area (Å²) in [5.41, 5.74) is 0.880. The van der Waals surface area contributed by atoms with Crippen LogP contribution in [0.15, 0.2) is 18.2 Å². The summed E-state index contributed by atoms with van der Waals surface area (Å²) < 4.78 is 0. The summed E-state index contributed by atoms with van der Waals surface area (Å²) in [5.74, 6) is 0.0435. The van der Waals surface area contributed by atoms with E-state index in [0.29, 0.717) is 48.4 Å². The molecule has 3 aliphatic rings. The van der Waals surface area contributed by atoms with Crippen molar-refractivity contribution in [2.45, 2.75) is 19.3 Å². The standard InChI is InChI=1S/C22H28ClN5O5/c23-17-2-1-16(13-18(17)28-8-5-19(29)24-21(28)31)20(30)26-6-3-15(4-7-26)14-25-9-11-27(12-10-25)22(32)33/h1-2,13,15H,3-12,14H2,(H,32,33)(H,24,29,31). The third-order valence-corrected chi connectivity index (χ3v) is 6.92. The van der Waals surface area contributed by atoms with Gasteiger partial charge in [-0.1, -0.05) is 11.6 Å². The number of nitrogens with zero attached hydrogens (tertiary/aromatic N) is 4. The van der Waals surface area contributed by atoms with E-state index < -0.39 is 12.1 Å². The molecule has 0 unspecified atom stereocenters. The van der Waals surface area contributed by atoms with Gasteiger partial charge in [-0.3, -0.25) is 24.7 Å². The topological polar surface area (TPSA) is 114 Å². The van der Waals surface area contributed by atoms with E-state index in [4.69, 9.17) is 16.7 Å². The van der Waals surface area contributed by atoms with Crippen molar-refractivity contribution in [3.8, 4) is 0 Å². The van der Waals surface area contributed by atoms with Crippen LogP contribution in [0.1, 0.15) is 29.6 Å². The van der Waals surface area contributed by atoms with Crippen LogP contribution < -0.4 is 10.2 Å². The van der Waals surface area contributed by atoms with Crippen LogP contribution >= 0.6 is 11.6 Å². The zero-order chi connectivity index (χ0) is 23.5. The molecule has 1 aromatic rings. The molecular formula is C22H28ClN5O5. The van der Waals surface area contributed by atoms with E-state index in [1.807, 2.05) is 4.90 Å². The molecule has 0 saturated carbocycles. The third-order valence-electron chi connectivity index (χ3n) is 6.60. The van der Waals surface area contributed by atoms with Crippen molar-refractivity contribution < 1.29 is 24.3 Å². The lowest BCUT2D eigenvalue weighted by Gasteiger charge is -2.38. The zero-order valence-corrected chi connectivity index (χ0v) is 19.1. The Morgan fingerprint density at radius 2 is 1.70 bits per heavy atom. The summed E-state index contributed by atoms with van der Waals surface area (Å²) in [5, 5.41) is 11.7. The number of carboxylic acid groups (broad SMARTS) is 1. The number of likely N-dealkylation sites (tertiary alicyclic amines) is 1. The van der Waals surface area contributed by atoms with E-state index in [1.54, 1.807) is 18.2 Å². The second-order valence-corrected chi connectivity index (χ2v) is 9.13. The van der Waals surface area contributed by atoms with Gasteiger partial charge in [0.05, 0.1) is 10.7 Å². The minimum absolute atomic E-state index is 0.102. The molecule has 11 heteroatoms. The number of hydrogen-bond donors (Lipinski definition) is 2. The average molecular weight is 478 g/mol. The molecule has 3 fully saturated rings. The van der Waals surface area contributed by atoms with Crippen LogP contribution in [0.4, 0.5) is 15.3 Å². The first-order chi connectivity index (χ1) is 15.8. The minimum Gasteiger partial charge on any atom is -0.465 e. The monoisotopic (exact) mass is 477 g/mol. The predicted molar refractivity (Wildman–Crippen MR) is 122 cm³/mol. The highest BCUT2D eigenvalue weighted by Gasteiger charge is 2.29. The first kappa shape index (κ1) is 23.3. The van der Waals surface area contributed by atoms with Crippen LogP contribution in [0, 0.1) is 5.92 Å². The summed E-state index contributed by atoms with van der Waals surface area (Å²) in [6.45, 7) is 4.99. The second kappa shape index (κ2) is 9.96. The van der Waals surface area contributed by atoms with Gasteiger partial charge < -0.3 is 14.9 Å². The molecule has 3 saturated heterocycles. The number of nitrogens with one attached hydrogen (secondary N) is 1. The molecule has 1 aromatic carbocycles. The summed E-state index contributed by atoms with van der Waals surface area (Å²) in [4.78, 5) is 54.8. The second-order valence-electron chi connectivity index (χ2n) is 8.73. The number of halogens is 1. The molecule has 0 bridgehead atoms. The number of amides is 5. The molecule has 0 spiro atoms. The summed E-state index contributed by atoms with van der Waals surface area (Å²) in [7, 11) is 0. The van der Waals surface area contributed by atoms with Crippen molar-refractivity contribution in [2.24, 2.45) is 5.92 Å². The van der Waals surface area contributed by atoms with Crippen LogP contribution in [-0.4, -0.2) is 96.1 Å². The highest BCUT2D eigenvalue weighted by atomic mass is 35.5. The van der Waals surface area contributed by atoms with Crippen molar-refractivity contribution in [1.82, 2.24) is 20.0 Å². The molecule has 5 amide bonds. The van der Waals surface area contributed by atoms with Crippen molar-refractivity contribution in [3.63, 3.8) is 0 Å². The number of piperidine rings is 1. The van der Waals surface area contributed by atoms with Gasteiger partial charge in [0.2, 0.25) is 5.91 Å². The fraction of sp³-hybridized carbons (Fsp3) is 0.545. The smallest absolute Gasteiger partial charge is 0.407 e. The van der Waals surface area contributed by atoms with E-state index in [2.05, 4.69) is 10.2 Å². The largest absolute Gasteiger partial charge is 0.465 e. The molecule has 4 rings (SSSR count). The molecule has 10 nitrogen and oxygen atoms in total. The first-order valence-corrected chi connectivity index (χ1v) is 11.6. The maximum Gasteiger partial charge on any atom is 0.407 e. The lowest BCUT2D eigenvalue weighted by molar-refractivity contribution is -0.120. The summed E-state index contributed by atoms with van der Waals surface area (Å²) in [6, 6.07) is 4.35. The Morgan fingerprint density at radius 3 is 2.33 bits per heavy atom. The van der Waals surface area contributed by atoms with Gasteiger partial charge in [0.15, 0.2) is 0 Å². The van der Waals surface area contributed by atoms with E-state index in [-0.39, 0.29) is 24.8 Å². The molecule has 0 aromatic heterocycles. The Balaban J connectivity index is 1.32. The predicted octanol–water partition coefficient (Wildman–Crippen LogP) is 1.93. The summed E-state index contributed by atoms with van der Waals surface area (Å²) in [6.07, 6.45) is 1.10. The highest BCUT2D eigenvalue weighted by molar-refractivity contribution is 6.34. The number of carbonyl (C=O) groups is 4. The Morgan fingerprint density at radius 1 is 1.00 bits per heavy atom. The minimum atomic E-state index is -0.860. The van der Waals surface area contributed by atoms with Crippen LogP contribution in [-0.2, 0) is 4.79 Å². The molecule has 2 N–H and O–H groups in total.